The van der Waals surface area contributed by atoms with Crippen molar-refractivity contribution in [3.05, 3.63) is 59.7 Å². The van der Waals surface area contributed by atoms with Crippen LogP contribution < -0.4 is 19.5 Å². The van der Waals surface area contributed by atoms with E-state index in [0.717, 1.165) is 0 Å². The molecule has 0 bridgehead atoms. The van der Waals surface area contributed by atoms with Gasteiger partial charge in [-0.15, -0.1) is 0 Å². The Hall–Kier alpha value is -4.80. The maximum absolute atomic E-state index is 12.3. The minimum absolute atomic E-state index is 0.0186. The van der Waals surface area contributed by atoms with Crippen LogP contribution in [0.15, 0.2) is 48.6 Å². The fraction of sp³-hybridized carbons (Fsp3) is 0.444. The number of ether oxygens (including phenoxy) is 9. The number of nitrogens with one attached hydrogen (secondary N) is 1. The third kappa shape index (κ3) is 19.2. The van der Waals surface area contributed by atoms with Gasteiger partial charge in [-0.05, 0) is 47.5 Å². The summed E-state index contributed by atoms with van der Waals surface area (Å²) in [6, 6.07) is 9.37. The number of carbonyl (C=O) groups excluding carboxylic acids is 4. The van der Waals surface area contributed by atoms with Crippen LogP contribution in [0.1, 0.15) is 24.0 Å². The minimum Gasteiger partial charge on any atom is -0.504 e. The van der Waals surface area contributed by atoms with E-state index in [1.165, 1.54) is 57.8 Å². The van der Waals surface area contributed by atoms with Crippen LogP contribution in [0.4, 0.5) is 4.79 Å². The molecule has 2 N–H and O–H groups in total. The second-order valence-corrected chi connectivity index (χ2v) is 10.3. The van der Waals surface area contributed by atoms with Crippen molar-refractivity contribution < 1.29 is 66.9 Å². The lowest BCUT2D eigenvalue weighted by Gasteiger charge is -2.11. The first-order valence-electron chi connectivity index (χ1n) is 16.1. The zero-order valence-corrected chi connectivity index (χ0v) is 29.2. The number of benzene rings is 2. The Labute approximate surface area is 297 Å². The summed E-state index contributed by atoms with van der Waals surface area (Å²) >= 11 is 0. The SMILES string of the molecule is COC(=O)CCOCCOCCOCCOCCOCCNC(=O)Oc1ccc(/C=C/C(=O)CC(=O)/C=C/c2ccc(O)c(OC)c2)cc1OC. The first-order chi connectivity index (χ1) is 24.7. The number of phenolic OH excluding ortho intramolecular Hbond substituents is 1. The first-order valence-corrected chi connectivity index (χ1v) is 16.1. The highest BCUT2D eigenvalue weighted by atomic mass is 16.6. The van der Waals surface area contributed by atoms with Crippen molar-refractivity contribution in [3.63, 3.8) is 0 Å². The molecule has 1 amide bonds. The molecule has 0 radical (unpaired) electrons. The van der Waals surface area contributed by atoms with Crippen LogP contribution in [0.5, 0.6) is 23.0 Å². The van der Waals surface area contributed by atoms with Gasteiger partial charge < -0.3 is 53.1 Å². The topological polar surface area (TPSA) is 184 Å². The number of hydrogen-bond acceptors (Lipinski definition) is 14. The first kappa shape index (κ1) is 42.4. The molecule has 0 fully saturated rings. The summed E-state index contributed by atoms with van der Waals surface area (Å²) in [5.41, 5.74) is 1.22. The predicted molar refractivity (Wildman–Crippen MR) is 185 cm³/mol. The van der Waals surface area contributed by atoms with E-state index >= 15 is 0 Å². The molecular weight excluding hydrogens is 670 g/mol. The van der Waals surface area contributed by atoms with Gasteiger partial charge in [-0.25, -0.2) is 4.79 Å². The van der Waals surface area contributed by atoms with E-state index < -0.39 is 17.7 Å². The molecule has 0 aliphatic carbocycles. The smallest absolute Gasteiger partial charge is 0.412 e. The molecule has 15 heteroatoms. The van der Waals surface area contributed by atoms with Crippen molar-refractivity contribution in [1.29, 1.82) is 0 Å². The maximum atomic E-state index is 12.3. The van der Waals surface area contributed by atoms with Crippen molar-refractivity contribution in [1.82, 2.24) is 5.32 Å². The summed E-state index contributed by atoms with van der Waals surface area (Å²) in [4.78, 5) is 47.7. The number of methoxy groups -OCH3 is 3. The van der Waals surface area contributed by atoms with E-state index in [2.05, 4.69) is 10.1 Å². The quantitative estimate of drug-likeness (QED) is 0.0593. The minimum atomic E-state index is -0.698. The van der Waals surface area contributed by atoms with Gasteiger partial charge in [-0.2, -0.15) is 0 Å². The number of amides is 1. The lowest BCUT2D eigenvalue weighted by molar-refractivity contribution is -0.142. The second-order valence-electron chi connectivity index (χ2n) is 10.3. The molecule has 0 unspecified atom stereocenters. The van der Waals surface area contributed by atoms with E-state index in [-0.39, 0.29) is 55.0 Å². The van der Waals surface area contributed by atoms with Gasteiger partial charge in [-0.1, -0.05) is 24.3 Å². The van der Waals surface area contributed by atoms with Gasteiger partial charge in [0, 0.05) is 6.54 Å². The van der Waals surface area contributed by atoms with Crippen molar-refractivity contribution in [3.8, 4) is 23.0 Å². The second kappa shape index (κ2) is 26.1. The van der Waals surface area contributed by atoms with Gasteiger partial charge in [0.05, 0.1) is 100 Å². The van der Waals surface area contributed by atoms with Crippen LogP contribution in [-0.2, 0) is 42.8 Å². The molecule has 2 aromatic rings. The lowest BCUT2D eigenvalue weighted by Crippen LogP contribution is -2.30. The number of carbonyl (C=O) groups is 4. The molecule has 0 aliphatic rings. The molecule has 2 rings (SSSR count). The molecule has 15 nitrogen and oxygen atoms in total. The van der Waals surface area contributed by atoms with Gasteiger partial charge >= 0.3 is 12.1 Å². The van der Waals surface area contributed by atoms with Gasteiger partial charge in [-0.3, -0.25) is 14.4 Å². The third-order valence-corrected chi connectivity index (χ3v) is 6.55. The summed E-state index contributed by atoms with van der Waals surface area (Å²) in [7, 11) is 4.17. The highest BCUT2D eigenvalue weighted by molar-refractivity contribution is 6.10. The molecular formula is C36H47NO14. The zero-order valence-electron chi connectivity index (χ0n) is 29.2. The van der Waals surface area contributed by atoms with Crippen LogP contribution in [0.25, 0.3) is 12.2 Å². The zero-order chi connectivity index (χ0) is 37.1. The van der Waals surface area contributed by atoms with Crippen LogP contribution in [0.3, 0.4) is 0 Å². The maximum Gasteiger partial charge on any atom is 0.412 e. The van der Waals surface area contributed by atoms with Crippen LogP contribution in [0, 0.1) is 0 Å². The normalized spacial score (nSPS) is 11.1. The van der Waals surface area contributed by atoms with Crippen molar-refractivity contribution >= 4 is 35.8 Å². The number of ketones is 2. The number of hydrogen-bond donors (Lipinski definition) is 2. The summed E-state index contributed by atoms with van der Waals surface area (Å²) in [6.45, 7) is 3.88. The summed E-state index contributed by atoms with van der Waals surface area (Å²) in [5, 5.41) is 12.3. The van der Waals surface area contributed by atoms with Gasteiger partial charge in [0.15, 0.2) is 34.6 Å². The summed E-state index contributed by atoms with van der Waals surface area (Å²) < 4.78 is 47.1. The molecule has 0 saturated heterocycles. The Morgan fingerprint density at radius 1 is 0.627 bits per heavy atom. The molecule has 0 aromatic heterocycles. The molecule has 280 valence electrons. The van der Waals surface area contributed by atoms with Gasteiger partial charge in [0.2, 0.25) is 0 Å². The Bertz CT molecular complexity index is 1420. The predicted octanol–water partition coefficient (Wildman–Crippen LogP) is 3.40. The number of phenols is 1. The van der Waals surface area contributed by atoms with Gasteiger partial charge in [0.1, 0.15) is 0 Å². The van der Waals surface area contributed by atoms with E-state index in [1.807, 2.05) is 0 Å². The standard InChI is InChI=1S/C36H47NO14/c1-43-33-24-27(6-10-31(33)40)4-8-29(38)26-30(39)9-5-28-7-11-32(34(25-28)44-2)51-36(42)37-13-15-47-17-19-49-21-23-50-22-20-48-18-16-46-14-12-35(41)45-3/h4-11,24-25,40H,12-23,26H2,1-3H3,(H,37,42)/b8-4+,9-5+. The Balaban J connectivity index is 1.54. The number of allylic oxidation sites excluding steroid dienone is 2. The average Bonchev–Trinajstić information content (AvgIpc) is 3.13. The molecule has 2 aromatic carbocycles. The largest absolute Gasteiger partial charge is 0.504 e. The lowest BCUT2D eigenvalue weighted by atomic mass is 10.1. The van der Waals surface area contributed by atoms with E-state index in [4.69, 9.17) is 37.9 Å². The molecule has 51 heavy (non-hydrogen) atoms. The van der Waals surface area contributed by atoms with E-state index in [0.29, 0.717) is 70.6 Å². The highest BCUT2D eigenvalue weighted by Crippen LogP contribution is 2.29. The van der Waals surface area contributed by atoms with Crippen LogP contribution in [-0.4, -0.2) is 123 Å². The highest BCUT2D eigenvalue weighted by Gasteiger charge is 2.11. The van der Waals surface area contributed by atoms with Crippen molar-refractivity contribution in [2.75, 3.05) is 93.9 Å². The van der Waals surface area contributed by atoms with E-state index in [1.54, 1.807) is 24.3 Å². The van der Waals surface area contributed by atoms with E-state index in [9.17, 15) is 24.3 Å². The summed E-state index contributed by atoms with van der Waals surface area (Å²) in [6.07, 6.45) is 4.82. The Morgan fingerprint density at radius 3 is 1.65 bits per heavy atom. The molecule has 0 heterocycles. The molecule has 0 atom stereocenters. The van der Waals surface area contributed by atoms with Crippen LogP contribution >= 0.6 is 0 Å². The number of aromatic hydroxyl groups is 1. The van der Waals surface area contributed by atoms with Crippen LogP contribution in [0.2, 0.25) is 0 Å². The Morgan fingerprint density at radius 2 is 1.12 bits per heavy atom. The number of esters is 1. The van der Waals surface area contributed by atoms with Crippen molar-refractivity contribution in [2.45, 2.75) is 12.8 Å². The van der Waals surface area contributed by atoms with Gasteiger partial charge in [0.25, 0.3) is 0 Å². The third-order valence-electron chi connectivity index (χ3n) is 6.55. The van der Waals surface area contributed by atoms with Crippen molar-refractivity contribution in [2.24, 2.45) is 0 Å². The monoisotopic (exact) mass is 717 g/mol. The summed E-state index contributed by atoms with van der Waals surface area (Å²) in [5.74, 6) is -0.406. The molecule has 0 saturated carbocycles. The average molecular weight is 718 g/mol. The fourth-order valence-electron chi connectivity index (χ4n) is 3.94. The molecule has 0 spiro atoms. The fourth-order valence-corrected chi connectivity index (χ4v) is 3.94. The Kier molecular flexibility index (Phi) is 21.7. The molecule has 0 aliphatic heterocycles. The number of rotatable bonds is 27.